The summed E-state index contributed by atoms with van der Waals surface area (Å²) in [5.41, 5.74) is 16.1. The molecule has 2 unspecified atom stereocenters. The summed E-state index contributed by atoms with van der Waals surface area (Å²) in [6.45, 7) is 1.89. The molecule has 0 aromatic rings. The molecule has 0 fully saturated rings. The van der Waals surface area contributed by atoms with Crippen LogP contribution in [0.4, 0.5) is 0 Å². The van der Waals surface area contributed by atoms with E-state index in [1.54, 1.807) is 24.3 Å². The summed E-state index contributed by atoms with van der Waals surface area (Å²) < 4.78 is 0. The highest BCUT2D eigenvalue weighted by molar-refractivity contribution is 5.27. The molecule has 0 aromatic carbocycles. The molecule has 0 heterocycles. The standard InChI is InChI=1S/C8H10N6/c1-2-8(12-14-10)6-4-3-5-7(8)11-13-9/h3-7H,2H2,1H3. The third-order valence-corrected chi connectivity index (χ3v) is 2.27. The first-order valence-corrected chi connectivity index (χ1v) is 4.25. The van der Waals surface area contributed by atoms with Gasteiger partial charge in [0.1, 0.15) is 0 Å². The zero-order valence-electron chi connectivity index (χ0n) is 7.78. The van der Waals surface area contributed by atoms with E-state index in [1.165, 1.54) is 0 Å². The van der Waals surface area contributed by atoms with E-state index in [1.807, 2.05) is 6.92 Å². The van der Waals surface area contributed by atoms with Gasteiger partial charge in [-0.25, -0.2) is 0 Å². The normalized spacial score (nSPS) is 29.1. The van der Waals surface area contributed by atoms with Crippen molar-refractivity contribution in [2.75, 3.05) is 0 Å². The average Bonchev–Trinajstić information content (AvgIpc) is 2.22. The number of allylic oxidation sites excluding steroid dienone is 2. The first-order valence-electron chi connectivity index (χ1n) is 4.25. The van der Waals surface area contributed by atoms with Gasteiger partial charge in [-0.05, 0) is 17.5 Å². The van der Waals surface area contributed by atoms with Crippen molar-refractivity contribution in [2.24, 2.45) is 10.2 Å². The predicted molar refractivity (Wildman–Crippen MR) is 53.4 cm³/mol. The Labute approximate surface area is 81.2 Å². The Morgan fingerprint density at radius 3 is 2.71 bits per heavy atom. The Kier molecular flexibility index (Phi) is 3.18. The maximum Gasteiger partial charge on any atom is 0.0787 e. The minimum absolute atomic E-state index is 0.432. The van der Waals surface area contributed by atoms with Gasteiger partial charge in [0.2, 0.25) is 0 Å². The third-order valence-electron chi connectivity index (χ3n) is 2.27. The monoisotopic (exact) mass is 190 g/mol. The van der Waals surface area contributed by atoms with Crippen LogP contribution in [0.1, 0.15) is 13.3 Å². The molecule has 0 saturated heterocycles. The first-order chi connectivity index (χ1) is 6.79. The molecule has 0 spiro atoms. The topological polar surface area (TPSA) is 97.5 Å². The van der Waals surface area contributed by atoms with E-state index >= 15 is 0 Å². The molecule has 0 amide bonds. The minimum Gasteiger partial charge on any atom is -0.0855 e. The molecule has 6 nitrogen and oxygen atoms in total. The molecular weight excluding hydrogens is 180 g/mol. The van der Waals surface area contributed by atoms with Crippen molar-refractivity contribution in [3.8, 4) is 0 Å². The van der Waals surface area contributed by atoms with Gasteiger partial charge in [0, 0.05) is 9.82 Å². The van der Waals surface area contributed by atoms with E-state index in [2.05, 4.69) is 20.1 Å². The third kappa shape index (κ3) is 1.71. The molecule has 1 rings (SSSR count). The molecule has 0 aromatic heterocycles. The Bertz CT molecular complexity index is 358. The van der Waals surface area contributed by atoms with Crippen molar-refractivity contribution in [3.05, 3.63) is 45.2 Å². The fourth-order valence-electron chi connectivity index (χ4n) is 1.42. The zero-order valence-corrected chi connectivity index (χ0v) is 7.78. The van der Waals surface area contributed by atoms with Crippen LogP contribution < -0.4 is 0 Å². The molecular formula is C8H10N6. The quantitative estimate of drug-likeness (QED) is 0.370. The number of azide groups is 2. The lowest BCUT2D eigenvalue weighted by atomic mass is 9.85. The summed E-state index contributed by atoms with van der Waals surface area (Å²) in [7, 11) is 0. The maximum absolute atomic E-state index is 8.47. The molecule has 14 heavy (non-hydrogen) atoms. The van der Waals surface area contributed by atoms with E-state index in [9.17, 15) is 0 Å². The van der Waals surface area contributed by atoms with E-state index in [4.69, 9.17) is 11.1 Å². The lowest BCUT2D eigenvalue weighted by molar-refractivity contribution is 0.452. The van der Waals surface area contributed by atoms with Gasteiger partial charge in [0.15, 0.2) is 0 Å². The van der Waals surface area contributed by atoms with Crippen LogP contribution in [0.5, 0.6) is 0 Å². The Balaban J connectivity index is 3.13. The zero-order chi connectivity index (χ0) is 10.4. The number of nitrogens with zero attached hydrogens (tertiary/aromatic N) is 6. The van der Waals surface area contributed by atoms with Crippen molar-refractivity contribution in [1.29, 1.82) is 0 Å². The Hall–Kier alpha value is -1.90. The van der Waals surface area contributed by atoms with Crippen molar-refractivity contribution >= 4 is 0 Å². The fourth-order valence-corrected chi connectivity index (χ4v) is 1.42. The second-order valence-corrected chi connectivity index (χ2v) is 2.93. The second kappa shape index (κ2) is 4.37. The van der Waals surface area contributed by atoms with E-state index in [0.717, 1.165) is 0 Å². The fraction of sp³-hybridized carbons (Fsp3) is 0.500. The van der Waals surface area contributed by atoms with Gasteiger partial charge in [0.05, 0.1) is 11.6 Å². The number of hydrogen-bond acceptors (Lipinski definition) is 2. The maximum atomic E-state index is 8.47. The lowest BCUT2D eigenvalue weighted by Crippen LogP contribution is -2.36. The highest BCUT2D eigenvalue weighted by Gasteiger charge is 2.33. The largest absolute Gasteiger partial charge is 0.0855 e. The molecule has 0 radical (unpaired) electrons. The molecule has 2 atom stereocenters. The van der Waals surface area contributed by atoms with Crippen molar-refractivity contribution in [3.63, 3.8) is 0 Å². The van der Waals surface area contributed by atoms with Crippen molar-refractivity contribution in [1.82, 2.24) is 0 Å². The molecule has 6 heteroatoms. The molecule has 0 bridgehead atoms. The summed E-state index contributed by atoms with van der Waals surface area (Å²) in [5.74, 6) is 0. The van der Waals surface area contributed by atoms with Crippen LogP contribution in [0.2, 0.25) is 0 Å². The SMILES string of the molecule is CCC1(N=[N+]=[N-])C=CC=CC1N=[N+]=[N-]. The lowest BCUT2D eigenvalue weighted by Gasteiger charge is -2.29. The molecule has 0 aliphatic heterocycles. The first kappa shape index (κ1) is 10.2. The summed E-state index contributed by atoms with van der Waals surface area (Å²) in [4.78, 5) is 5.53. The highest BCUT2D eigenvalue weighted by Crippen LogP contribution is 2.29. The molecule has 72 valence electrons. The van der Waals surface area contributed by atoms with Gasteiger partial charge < -0.3 is 0 Å². The van der Waals surface area contributed by atoms with Crippen LogP contribution >= 0.6 is 0 Å². The summed E-state index contributed by atoms with van der Waals surface area (Å²) in [6.07, 6.45) is 7.67. The van der Waals surface area contributed by atoms with Gasteiger partial charge in [0.25, 0.3) is 0 Å². The summed E-state index contributed by atoms with van der Waals surface area (Å²) >= 11 is 0. The second-order valence-electron chi connectivity index (χ2n) is 2.93. The van der Waals surface area contributed by atoms with Gasteiger partial charge in [-0.1, -0.05) is 41.5 Å². The highest BCUT2D eigenvalue weighted by atomic mass is 15.2. The summed E-state index contributed by atoms with van der Waals surface area (Å²) in [6, 6.07) is -0.432. The van der Waals surface area contributed by atoms with Gasteiger partial charge in [-0.15, -0.1) is 0 Å². The summed E-state index contributed by atoms with van der Waals surface area (Å²) in [5, 5.41) is 7.32. The molecule has 1 aliphatic carbocycles. The number of rotatable bonds is 3. The smallest absolute Gasteiger partial charge is 0.0787 e. The van der Waals surface area contributed by atoms with E-state index in [0.29, 0.717) is 6.42 Å². The Morgan fingerprint density at radius 2 is 2.14 bits per heavy atom. The van der Waals surface area contributed by atoms with Crippen LogP contribution in [0.15, 0.2) is 34.5 Å². The number of hydrogen-bond donors (Lipinski definition) is 0. The van der Waals surface area contributed by atoms with Crippen LogP contribution in [0.3, 0.4) is 0 Å². The average molecular weight is 190 g/mol. The van der Waals surface area contributed by atoms with Crippen LogP contribution in [-0.2, 0) is 0 Å². The van der Waals surface area contributed by atoms with E-state index in [-0.39, 0.29) is 0 Å². The Morgan fingerprint density at radius 1 is 1.36 bits per heavy atom. The van der Waals surface area contributed by atoms with Crippen LogP contribution in [0, 0.1) is 0 Å². The molecule has 1 aliphatic rings. The van der Waals surface area contributed by atoms with E-state index < -0.39 is 11.6 Å². The minimum atomic E-state index is -0.740. The van der Waals surface area contributed by atoms with Crippen LogP contribution in [0.25, 0.3) is 20.9 Å². The van der Waals surface area contributed by atoms with Gasteiger partial charge >= 0.3 is 0 Å². The van der Waals surface area contributed by atoms with Gasteiger partial charge in [-0.3, -0.25) is 0 Å². The van der Waals surface area contributed by atoms with Crippen LogP contribution in [-0.4, -0.2) is 11.6 Å². The predicted octanol–water partition coefficient (Wildman–Crippen LogP) is 3.25. The van der Waals surface area contributed by atoms with Gasteiger partial charge in [-0.2, -0.15) is 0 Å². The molecule has 0 N–H and O–H groups in total. The van der Waals surface area contributed by atoms with Crippen molar-refractivity contribution < 1.29 is 0 Å². The van der Waals surface area contributed by atoms with Crippen molar-refractivity contribution in [2.45, 2.75) is 24.9 Å². The molecule has 0 saturated carbocycles.